The Morgan fingerprint density at radius 3 is 2.88 bits per heavy atom. The molecule has 1 amide bonds. The summed E-state index contributed by atoms with van der Waals surface area (Å²) in [4.78, 5) is 14.6. The fourth-order valence-corrected chi connectivity index (χ4v) is 5.72. The van der Waals surface area contributed by atoms with Crippen molar-refractivity contribution in [2.75, 3.05) is 25.5 Å². The summed E-state index contributed by atoms with van der Waals surface area (Å²) < 4.78 is 29.9. The Morgan fingerprint density at radius 1 is 1.25 bits per heavy atom. The van der Waals surface area contributed by atoms with Gasteiger partial charge in [0.15, 0.2) is 9.84 Å². The van der Waals surface area contributed by atoms with Crippen molar-refractivity contribution in [2.24, 2.45) is 0 Å². The second kappa shape index (κ2) is 6.15. The van der Waals surface area contributed by atoms with Gasteiger partial charge in [0.05, 0.1) is 24.8 Å². The van der Waals surface area contributed by atoms with Gasteiger partial charge in [-0.25, -0.2) is 8.42 Å². The first-order valence-electron chi connectivity index (χ1n) is 8.72. The number of rotatable bonds is 3. The quantitative estimate of drug-likeness (QED) is 0.830. The van der Waals surface area contributed by atoms with E-state index in [2.05, 4.69) is 12.1 Å². The molecule has 0 spiro atoms. The summed E-state index contributed by atoms with van der Waals surface area (Å²) in [6.45, 7) is 1.05. The van der Waals surface area contributed by atoms with E-state index in [-0.39, 0.29) is 24.3 Å². The number of hydrogen-bond acceptors (Lipinski definition) is 4. The summed E-state index contributed by atoms with van der Waals surface area (Å²) in [5.41, 5.74) is 2.35. The second-order valence-corrected chi connectivity index (χ2v) is 9.46. The molecule has 2 atom stereocenters. The van der Waals surface area contributed by atoms with Crippen molar-refractivity contribution in [3.63, 3.8) is 0 Å². The maximum Gasteiger partial charge on any atom is 0.227 e. The molecule has 1 aromatic rings. The Morgan fingerprint density at radius 2 is 2.08 bits per heavy atom. The van der Waals surface area contributed by atoms with Crippen LogP contribution in [-0.2, 0) is 25.8 Å². The lowest BCUT2D eigenvalue weighted by molar-refractivity contribution is -0.134. The molecule has 3 fully saturated rings. The molecular formula is C18H23NO4S. The molecule has 2 unspecified atom stereocenters. The van der Waals surface area contributed by atoms with Gasteiger partial charge in [0.2, 0.25) is 5.91 Å². The molecule has 0 N–H and O–H groups in total. The van der Waals surface area contributed by atoms with Gasteiger partial charge in [-0.3, -0.25) is 4.79 Å². The van der Waals surface area contributed by atoms with Crippen molar-refractivity contribution in [3.05, 3.63) is 35.4 Å². The molecule has 4 rings (SSSR count). The number of nitrogens with zero attached hydrogens (tertiary/aromatic N) is 1. The van der Waals surface area contributed by atoms with Gasteiger partial charge >= 0.3 is 0 Å². The molecule has 2 saturated heterocycles. The number of sulfone groups is 1. The van der Waals surface area contributed by atoms with Crippen LogP contribution in [0.5, 0.6) is 0 Å². The predicted octanol–water partition coefficient (Wildman–Crippen LogP) is 1.52. The van der Waals surface area contributed by atoms with E-state index < -0.39 is 15.1 Å². The Balaban J connectivity index is 1.50. The van der Waals surface area contributed by atoms with Gasteiger partial charge in [-0.05, 0) is 36.3 Å². The van der Waals surface area contributed by atoms with Crippen LogP contribution < -0.4 is 0 Å². The van der Waals surface area contributed by atoms with Crippen LogP contribution in [0.15, 0.2) is 24.3 Å². The van der Waals surface area contributed by atoms with Gasteiger partial charge in [-0.15, -0.1) is 0 Å². The minimum absolute atomic E-state index is 0.0368. The number of hydrogen-bond donors (Lipinski definition) is 0. The summed E-state index contributed by atoms with van der Waals surface area (Å²) >= 11 is 0. The highest BCUT2D eigenvalue weighted by atomic mass is 32.2. The number of carbonyl (C=O) groups is 1. The first kappa shape index (κ1) is 16.1. The molecule has 6 heteroatoms. The number of ether oxygens (including phenoxy) is 1. The van der Waals surface area contributed by atoms with Crippen LogP contribution in [0.25, 0.3) is 0 Å². The van der Waals surface area contributed by atoms with Gasteiger partial charge in [-0.1, -0.05) is 24.3 Å². The molecule has 5 nitrogen and oxygen atoms in total. The Bertz CT molecular complexity index is 741. The summed E-state index contributed by atoms with van der Waals surface area (Å²) in [7, 11) is -3.15. The number of carbonyl (C=O) groups excluding carboxylic acids is 1. The third-order valence-corrected chi connectivity index (χ3v) is 7.55. The molecule has 1 saturated carbocycles. The zero-order valence-corrected chi connectivity index (χ0v) is 14.5. The molecule has 0 aromatic heterocycles. The van der Waals surface area contributed by atoms with E-state index in [0.29, 0.717) is 31.9 Å². The fourth-order valence-electron chi connectivity index (χ4n) is 3.90. The average Bonchev–Trinajstić information content (AvgIpc) is 3.40. The van der Waals surface area contributed by atoms with Crippen LogP contribution in [0.4, 0.5) is 0 Å². The van der Waals surface area contributed by atoms with E-state index in [4.69, 9.17) is 4.74 Å². The standard InChI is InChI=1S/C18H23NO4S/c20-18(11-13-2-1-3-15(10-13)14-4-5-14)19-7-9-24(21,22)17-12-23-8-6-16(17)19/h1-3,10,14,16-17H,4-9,11-12H2. The third-order valence-electron chi connectivity index (χ3n) is 5.42. The largest absolute Gasteiger partial charge is 0.380 e. The molecule has 3 aliphatic rings. The van der Waals surface area contributed by atoms with Crippen molar-refractivity contribution in [3.8, 4) is 0 Å². The lowest BCUT2D eigenvalue weighted by Gasteiger charge is -2.43. The molecule has 130 valence electrons. The van der Waals surface area contributed by atoms with Crippen molar-refractivity contribution in [2.45, 2.75) is 42.9 Å². The van der Waals surface area contributed by atoms with E-state index in [1.165, 1.54) is 18.4 Å². The zero-order valence-electron chi connectivity index (χ0n) is 13.7. The number of fused-ring (bicyclic) bond motifs is 1. The van der Waals surface area contributed by atoms with Crippen LogP contribution >= 0.6 is 0 Å². The molecule has 1 aromatic carbocycles. The maximum absolute atomic E-state index is 12.8. The topological polar surface area (TPSA) is 63.7 Å². The lowest BCUT2D eigenvalue weighted by Crippen LogP contribution is -2.60. The van der Waals surface area contributed by atoms with Gasteiger partial charge in [-0.2, -0.15) is 0 Å². The summed E-state index contributed by atoms with van der Waals surface area (Å²) in [6, 6.07) is 8.06. The predicted molar refractivity (Wildman–Crippen MR) is 90.6 cm³/mol. The van der Waals surface area contributed by atoms with E-state index >= 15 is 0 Å². The highest BCUT2D eigenvalue weighted by Crippen LogP contribution is 2.40. The second-order valence-electron chi connectivity index (χ2n) is 7.12. The van der Waals surface area contributed by atoms with Crippen LogP contribution in [0.3, 0.4) is 0 Å². The number of amides is 1. The zero-order chi connectivity index (χ0) is 16.7. The molecule has 2 heterocycles. The van der Waals surface area contributed by atoms with Gasteiger partial charge < -0.3 is 9.64 Å². The monoisotopic (exact) mass is 349 g/mol. The highest BCUT2D eigenvalue weighted by molar-refractivity contribution is 7.92. The van der Waals surface area contributed by atoms with E-state index in [1.807, 2.05) is 12.1 Å². The smallest absolute Gasteiger partial charge is 0.227 e. The van der Waals surface area contributed by atoms with Gasteiger partial charge in [0.1, 0.15) is 5.25 Å². The van der Waals surface area contributed by atoms with E-state index in [1.54, 1.807) is 4.90 Å². The SMILES string of the molecule is O=C(Cc1cccc(C2CC2)c1)N1CCS(=O)(=O)C2COCCC21. The molecule has 0 radical (unpaired) electrons. The van der Waals surface area contributed by atoms with Crippen molar-refractivity contribution < 1.29 is 17.9 Å². The minimum atomic E-state index is -3.15. The fraction of sp³-hybridized carbons (Fsp3) is 0.611. The maximum atomic E-state index is 12.8. The Labute approximate surface area is 142 Å². The van der Waals surface area contributed by atoms with Crippen molar-refractivity contribution >= 4 is 15.7 Å². The third kappa shape index (κ3) is 3.09. The minimum Gasteiger partial charge on any atom is -0.380 e. The van der Waals surface area contributed by atoms with Crippen LogP contribution in [0, 0.1) is 0 Å². The van der Waals surface area contributed by atoms with Crippen LogP contribution in [0.2, 0.25) is 0 Å². The molecule has 0 bridgehead atoms. The van der Waals surface area contributed by atoms with Crippen molar-refractivity contribution in [1.29, 1.82) is 0 Å². The van der Waals surface area contributed by atoms with Crippen LogP contribution in [0.1, 0.15) is 36.3 Å². The first-order chi connectivity index (χ1) is 11.5. The van der Waals surface area contributed by atoms with Crippen molar-refractivity contribution in [1.82, 2.24) is 4.90 Å². The molecule has 2 aliphatic heterocycles. The Hall–Kier alpha value is -1.40. The lowest BCUT2D eigenvalue weighted by atomic mass is 10.0. The first-order valence-corrected chi connectivity index (χ1v) is 10.4. The average molecular weight is 349 g/mol. The van der Waals surface area contributed by atoms with E-state index in [9.17, 15) is 13.2 Å². The number of benzene rings is 1. The summed E-state index contributed by atoms with van der Waals surface area (Å²) in [5.74, 6) is 0.751. The molecular weight excluding hydrogens is 326 g/mol. The normalized spacial score (nSPS) is 29.1. The summed E-state index contributed by atoms with van der Waals surface area (Å²) in [5, 5.41) is -0.554. The van der Waals surface area contributed by atoms with Gasteiger partial charge in [0.25, 0.3) is 0 Å². The molecule has 1 aliphatic carbocycles. The van der Waals surface area contributed by atoms with Crippen LogP contribution in [-0.4, -0.2) is 56.0 Å². The van der Waals surface area contributed by atoms with Gasteiger partial charge in [0, 0.05) is 13.2 Å². The highest BCUT2D eigenvalue weighted by Gasteiger charge is 2.44. The summed E-state index contributed by atoms with van der Waals surface area (Å²) in [6.07, 6.45) is 3.44. The van der Waals surface area contributed by atoms with E-state index in [0.717, 1.165) is 5.56 Å². The Kier molecular flexibility index (Phi) is 4.12. The molecule has 24 heavy (non-hydrogen) atoms.